The quantitative estimate of drug-likeness (QED) is 0.322. The highest BCUT2D eigenvalue weighted by atomic mass is 31.1. The number of hydrogen-bond acceptors (Lipinski definition) is 5. The highest BCUT2D eigenvalue weighted by Crippen LogP contribution is 2.28. The molecule has 0 bridgehead atoms. The number of hydrogen-bond donors (Lipinski definition) is 0. The fourth-order valence-corrected chi connectivity index (χ4v) is 2.25. The fourth-order valence-electron chi connectivity index (χ4n) is 0.798. The maximum absolute atomic E-state index is 11.2. The third kappa shape index (κ3) is 10.6. The summed E-state index contributed by atoms with van der Waals surface area (Å²) in [4.78, 5) is 0. The smallest absolute Gasteiger partial charge is 0.119 e. The predicted octanol–water partition coefficient (Wildman–Crippen LogP) is 3.99. The van der Waals surface area contributed by atoms with Crippen LogP contribution in [0.25, 0.3) is 0 Å². The largest absolute Gasteiger partial charge is 0.699 e. The van der Waals surface area contributed by atoms with E-state index < -0.39 is 16.3 Å². The third-order valence-corrected chi connectivity index (χ3v) is 3.53. The van der Waals surface area contributed by atoms with Crippen molar-refractivity contribution in [2.45, 2.75) is 39.5 Å². The molecular formula is C9H20O5P2+2. The molecule has 0 aliphatic heterocycles. The summed E-state index contributed by atoms with van der Waals surface area (Å²) in [6.45, 7) is 4.20. The van der Waals surface area contributed by atoms with Crippen molar-refractivity contribution in [1.29, 1.82) is 0 Å². The van der Waals surface area contributed by atoms with Crippen LogP contribution in [-0.2, 0) is 22.7 Å². The molecule has 16 heavy (non-hydrogen) atoms. The predicted molar refractivity (Wildman–Crippen MR) is 62.9 cm³/mol. The Morgan fingerprint density at radius 3 is 2.25 bits per heavy atom. The summed E-state index contributed by atoms with van der Waals surface area (Å²) in [5.41, 5.74) is 0. The monoisotopic (exact) mass is 270 g/mol. The molecule has 5 nitrogen and oxygen atoms in total. The Morgan fingerprint density at radius 2 is 1.62 bits per heavy atom. The summed E-state index contributed by atoms with van der Waals surface area (Å²) >= 11 is 0. The van der Waals surface area contributed by atoms with Gasteiger partial charge in [0.1, 0.15) is 6.61 Å². The fraction of sp³-hybridized carbons (Fsp3) is 1.00. The Balaban J connectivity index is 3.36. The molecular weight excluding hydrogens is 250 g/mol. The lowest BCUT2D eigenvalue weighted by molar-refractivity contribution is 0.111. The molecule has 0 aliphatic rings. The van der Waals surface area contributed by atoms with E-state index in [2.05, 4.69) is 0 Å². The van der Waals surface area contributed by atoms with Crippen molar-refractivity contribution in [2.75, 3.05) is 19.6 Å². The van der Waals surface area contributed by atoms with Crippen LogP contribution in [0.4, 0.5) is 0 Å². The Kier molecular flexibility index (Phi) is 11.6. The van der Waals surface area contributed by atoms with Crippen molar-refractivity contribution in [1.82, 2.24) is 0 Å². The molecule has 0 radical (unpaired) electrons. The molecule has 94 valence electrons. The van der Waals surface area contributed by atoms with Gasteiger partial charge in [-0.15, -0.1) is 9.05 Å². The lowest BCUT2D eigenvalue weighted by Gasteiger charge is -1.88. The zero-order valence-electron chi connectivity index (χ0n) is 9.89. The van der Waals surface area contributed by atoms with E-state index in [1.165, 1.54) is 0 Å². The first-order valence-electron chi connectivity index (χ1n) is 5.51. The van der Waals surface area contributed by atoms with E-state index in [1.807, 2.05) is 13.8 Å². The van der Waals surface area contributed by atoms with Crippen molar-refractivity contribution >= 4 is 16.3 Å². The van der Waals surface area contributed by atoms with Gasteiger partial charge < -0.3 is 0 Å². The van der Waals surface area contributed by atoms with Gasteiger partial charge >= 0.3 is 16.3 Å². The van der Waals surface area contributed by atoms with Gasteiger partial charge in [0, 0.05) is 4.57 Å². The molecule has 0 saturated heterocycles. The van der Waals surface area contributed by atoms with Gasteiger partial charge in [0.05, 0.1) is 0 Å². The first-order valence-corrected chi connectivity index (χ1v) is 7.97. The highest BCUT2D eigenvalue weighted by molar-refractivity contribution is 7.39. The van der Waals surface area contributed by atoms with Crippen LogP contribution in [0, 0.1) is 0 Å². The summed E-state index contributed by atoms with van der Waals surface area (Å²) in [6, 6.07) is 0. The summed E-state index contributed by atoms with van der Waals surface area (Å²) in [6.07, 6.45) is 4.16. The Labute approximate surface area is 98.7 Å². The molecule has 0 aliphatic carbocycles. The van der Waals surface area contributed by atoms with Gasteiger partial charge in [-0.05, 0) is 17.4 Å². The molecule has 7 heteroatoms. The molecule has 0 fully saturated rings. The zero-order valence-corrected chi connectivity index (χ0v) is 11.7. The Morgan fingerprint density at radius 1 is 0.938 bits per heavy atom. The minimum atomic E-state index is -2.14. The molecule has 0 rings (SSSR count). The van der Waals surface area contributed by atoms with Crippen LogP contribution in [-0.4, -0.2) is 19.6 Å². The van der Waals surface area contributed by atoms with Gasteiger partial charge in [0.15, 0.2) is 6.16 Å². The van der Waals surface area contributed by atoms with E-state index in [9.17, 15) is 9.13 Å². The van der Waals surface area contributed by atoms with Crippen molar-refractivity contribution in [3.05, 3.63) is 0 Å². The number of unbranched alkanes of at least 4 members (excludes halogenated alkanes) is 2. The van der Waals surface area contributed by atoms with E-state index in [1.54, 1.807) is 0 Å². The van der Waals surface area contributed by atoms with E-state index in [0.717, 1.165) is 25.7 Å². The van der Waals surface area contributed by atoms with Gasteiger partial charge in [0.25, 0.3) is 6.79 Å². The van der Waals surface area contributed by atoms with Crippen molar-refractivity contribution < 1.29 is 22.7 Å². The van der Waals surface area contributed by atoms with E-state index in [0.29, 0.717) is 12.8 Å². The minimum Gasteiger partial charge on any atom is -0.119 e. The van der Waals surface area contributed by atoms with Crippen LogP contribution in [0.2, 0.25) is 0 Å². The van der Waals surface area contributed by atoms with E-state index >= 15 is 0 Å². The van der Waals surface area contributed by atoms with Crippen LogP contribution in [0.15, 0.2) is 0 Å². The topological polar surface area (TPSA) is 61.8 Å². The van der Waals surface area contributed by atoms with Crippen molar-refractivity contribution in [2.24, 2.45) is 0 Å². The standard InChI is InChI=1S/C9H20O5P2/c1-3-5-7-12-16(11)14-9-13-15(10)8-6-4-2/h3-9H2,1-2H3/q+2. The van der Waals surface area contributed by atoms with E-state index in [4.69, 9.17) is 13.6 Å². The molecule has 2 unspecified atom stereocenters. The summed E-state index contributed by atoms with van der Waals surface area (Å²) in [5, 5.41) is 0. The molecule has 0 spiro atoms. The molecule has 0 saturated carbocycles. The summed E-state index contributed by atoms with van der Waals surface area (Å²) in [5.74, 6) is 0. The first-order chi connectivity index (χ1) is 7.70. The second kappa shape index (κ2) is 11.6. The van der Waals surface area contributed by atoms with Gasteiger partial charge in [-0.1, -0.05) is 31.2 Å². The van der Waals surface area contributed by atoms with Crippen molar-refractivity contribution in [3.63, 3.8) is 0 Å². The second-order valence-electron chi connectivity index (χ2n) is 3.20. The summed E-state index contributed by atoms with van der Waals surface area (Å²) in [7, 11) is -3.83. The highest BCUT2D eigenvalue weighted by Gasteiger charge is 2.24. The maximum Gasteiger partial charge on any atom is 0.699 e. The first kappa shape index (κ1) is 16.1. The van der Waals surface area contributed by atoms with Crippen LogP contribution >= 0.6 is 16.3 Å². The molecule has 0 aromatic heterocycles. The summed E-state index contributed by atoms with van der Waals surface area (Å²) < 4.78 is 36.6. The Bertz CT molecular complexity index is 210. The average Bonchev–Trinajstić information content (AvgIpc) is 2.26. The number of rotatable bonds is 11. The Hall–Kier alpha value is 0.0800. The van der Waals surface area contributed by atoms with Crippen LogP contribution < -0.4 is 0 Å². The van der Waals surface area contributed by atoms with Gasteiger partial charge in [0.2, 0.25) is 0 Å². The van der Waals surface area contributed by atoms with Gasteiger partial charge in [-0.2, -0.15) is 0 Å². The van der Waals surface area contributed by atoms with Crippen LogP contribution in [0.1, 0.15) is 39.5 Å². The van der Waals surface area contributed by atoms with Gasteiger partial charge in [-0.3, -0.25) is 0 Å². The van der Waals surface area contributed by atoms with Crippen molar-refractivity contribution in [3.8, 4) is 0 Å². The van der Waals surface area contributed by atoms with Crippen LogP contribution in [0.5, 0.6) is 0 Å². The molecule has 0 N–H and O–H groups in total. The average molecular weight is 270 g/mol. The third-order valence-electron chi connectivity index (χ3n) is 1.74. The van der Waals surface area contributed by atoms with Crippen LogP contribution in [0.3, 0.4) is 0 Å². The normalized spacial score (nSPS) is 12.6. The van der Waals surface area contributed by atoms with E-state index in [-0.39, 0.29) is 6.79 Å². The molecule has 0 amide bonds. The molecule has 0 aromatic carbocycles. The SMILES string of the molecule is CCCCO[P+](=O)OCO[P+](=O)CCCC. The molecule has 0 heterocycles. The second-order valence-corrected chi connectivity index (χ2v) is 5.53. The molecule has 2 atom stereocenters. The lowest BCUT2D eigenvalue weighted by Crippen LogP contribution is -1.92. The maximum atomic E-state index is 11.2. The molecule has 0 aromatic rings. The zero-order chi connectivity index (χ0) is 12.2. The van der Waals surface area contributed by atoms with Gasteiger partial charge in [-0.25, -0.2) is 0 Å². The lowest BCUT2D eigenvalue weighted by atomic mass is 10.4. The minimum absolute atomic E-state index is 0.236.